The summed E-state index contributed by atoms with van der Waals surface area (Å²) in [5, 5.41) is 14.6. The molecule has 2 N–H and O–H groups in total. The number of rotatable bonds is 4. The van der Waals surface area contributed by atoms with E-state index in [0.717, 1.165) is 11.3 Å². The van der Waals surface area contributed by atoms with Gasteiger partial charge in [-0.25, -0.2) is 4.79 Å². The topological polar surface area (TPSA) is 49.3 Å². The lowest BCUT2D eigenvalue weighted by atomic mass is 10.1. The van der Waals surface area contributed by atoms with Gasteiger partial charge in [0.15, 0.2) is 0 Å². The van der Waals surface area contributed by atoms with E-state index in [0.29, 0.717) is 12.1 Å². The molecule has 0 radical (unpaired) electrons. The van der Waals surface area contributed by atoms with Gasteiger partial charge in [0.25, 0.3) is 0 Å². The summed E-state index contributed by atoms with van der Waals surface area (Å²) in [5.41, 5.74) is 2.41. The van der Waals surface area contributed by atoms with Crippen molar-refractivity contribution >= 4 is 22.4 Å². The Morgan fingerprint density at radius 1 is 0.905 bits per heavy atom. The van der Waals surface area contributed by atoms with Gasteiger partial charge < -0.3 is 10.4 Å². The molecule has 0 aliphatic heterocycles. The summed E-state index contributed by atoms with van der Waals surface area (Å²) in [6, 6.07) is 21.4. The molecule has 104 valence electrons. The monoisotopic (exact) mass is 277 g/mol. The number of benzene rings is 3. The second-order valence-electron chi connectivity index (χ2n) is 4.92. The number of anilines is 1. The number of hydrogen-bond donors (Lipinski definition) is 2. The number of carboxylic acid groups (broad SMARTS) is 1. The van der Waals surface area contributed by atoms with E-state index in [-0.39, 0.29) is 0 Å². The van der Waals surface area contributed by atoms with Crippen LogP contribution in [-0.4, -0.2) is 11.1 Å². The molecule has 0 aliphatic rings. The van der Waals surface area contributed by atoms with Crippen LogP contribution in [-0.2, 0) is 6.54 Å². The molecule has 0 spiro atoms. The maximum Gasteiger partial charge on any atom is 0.335 e. The summed E-state index contributed by atoms with van der Waals surface area (Å²) >= 11 is 0. The fraction of sp³-hybridized carbons (Fsp3) is 0.0556. The fourth-order valence-corrected chi connectivity index (χ4v) is 2.27. The summed E-state index contributed by atoms with van der Waals surface area (Å²) < 4.78 is 0. The molecule has 0 atom stereocenters. The maximum atomic E-state index is 10.8. The van der Waals surface area contributed by atoms with E-state index in [4.69, 9.17) is 5.11 Å². The molecule has 0 bridgehead atoms. The average molecular weight is 277 g/mol. The number of carboxylic acids is 1. The van der Waals surface area contributed by atoms with Gasteiger partial charge in [-0.3, -0.25) is 0 Å². The number of nitrogens with one attached hydrogen (secondary N) is 1. The van der Waals surface area contributed by atoms with Crippen molar-refractivity contribution in [2.24, 2.45) is 0 Å². The van der Waals surface area contributed by atoms with Gasteiger partial charge in [0.05, 0.1) is 5.56 Å². The predicted octanol–water partition coefficient (Wildman–Crippen LogP) is 4.15. The minimum absolute atomic E-state index is 0.310. The summed E-state index contributed by atoms with van der Waals surface area (Å²) in [6.45, 7) is 0.665. The van der Waals surface area contributed by atoms with Crippen molar-refractivity contribution in [1.82, 2.24) is 0 Å². The van der Waals surface area contributed by atoms with Crippen LogP contribution >= 0.6 is 0 Å². The minimum Gasteiger partial charge on any atom is -0.478 e. The molecule has 3 aromatic rings. The Morgan fingerprint density at radius 3 is 2.33 bits per heavy atom. The highest BCUT2D eigenvalue weighted by Crippen LogP contribution is 2.19. The zero-order valence-corrected chi connectivity index (χ0v) is 11.4. The minimum atomic E-state index is -0.899. The highest BCUT2D eigenvalue weighted by molar-refractivity contribution is 5.87. The Balaban J connectivity index is 1.72. The van der Waals surface area contributed by atoms with Crippen LogP contribution in [0.25, 0.3) is 10.8 Å². The van der Waals surface area contributed by atoms with E-state index in [2.05, 4.69) is 29.6 Å². The molecule has 3 nitrogen and oxygen atoms in total. The smallest absolute Gasteiger partial charge is 0.335 e. The molecule has 0 heterocycles. The van der Waals surface area contributed by atoms with Crippen molar-refractivity contribution in [3.05, 3.63) is 77.9 Å². The maximum absolute atomic E-state index is 10.8. The molecule has 0 saturated heterocycles. The van der Waals surface area contributed by atoms with Crippen molar-refractivity contribution in [3.8, 4) is 0 Å². The Bertz CT molecular complexity index is 779. The third-order valence-corrected chi connectivity index (χ3v) is 3.45. The number of aromatic carboxylic acids is 1. The summed E-state index contributed by atoms with van der Waals surface area (Å²) in [7, 11) is 0. The highest BCUT2D eigenvalue weighted by atomic mass is 16.4. The first-order valence-electron chi connectivity index (χ1n) is 6.77. The number of fused-ring (bicyclic) bond motifs is 1. The molecule has 3 rings (SSSR count). The van der Waals surface area contributed by atoms with E-state index in [1.54, 1.807) is 12.1 Å². The largest absolute Gasteiger partial charge is 0.478 e. The van der Waals surface area contributed by atoms with Crippen molar-refractivity contribution in [1.29, 1.82) is 0 Å². The molecule has 3 heteroatoms. The molecule has 0 aliphatic carbocycles. The van der Waals surface area contributed by atoms with Gasteiger partial charge in [-0.05, 0) is 40.6 Å². The third kappa shape index (κ3) is 3.03. The van der Waals surface area contributed by atoms with Gasteiger partial charge in [-0.15, -0.1) is 0 Å². The lowest BCUT2D eigenvalue weighted by Gasteiger charge is -2.08. The molecule has 0 unspecified atom stereocenters. The first-order chi connectivity index (χ1) is 10.2. The standard InChI is InChI=1S/C18H15NO2/c20-18(21)15-7-5-13(6-8-15)12-19-17-10-9-14-3-1-2-4-16(14)11-17/h1-11,19H,12H2,(H,20,21). The zero-order chi connectivity index (χ0) is 14.7. The number of carbonyl (C=O) groups is 1. The lowest BCUT2D eigenvalue weighted by molar-refractivity contribution is 0.0697. The van der Waals surface area contributed by atoms with E-state index >= 15 is 0 Å². The van der Waals surface area contributed by atoms with Crippen molar-refractivity contribution in [2.45, 2.75) is 6.54 Å². The van der Waals surface area contributed by atoms with Gasteiger partial charge in [0.2, 0.25) is 0 Å². The van der Waals surface area contributed by atoms with Gasteiger partial charge in [-0.1, -0.05) is 42.5 Å². The molecule has 0 fully saturated rings. The van der Waals surface area contributed by atoms with Crippen LogP contribution in [0.4, 0.5) is 5.69 Å². The van der Waals surface area contributed by atoms with Gasteiger partial charge in [0.1, 0.15) is 0 Å². The quantitative estimate of drug-likeness (QED) is 0.753. The summed E-state index contributed by atoms with van der Waals surface area (Å²) in [5.74, 6) is -0.899. The van der Waals surface area contributed by atoms with Crippen LogP contribution in [0.3, 0.4) is 0 Å². The lowest BCUT2D eigenvalue weighted by Crippen LogP contribution is -2.01. The van der Waals surface area contributed by atoms with Crippen LogP contribution < -0.4 is 5.32 Å². The van der Waals surface area contributed by atoms with Gasteiger partial charge in [0, 0.05) is 12.2 Å². The molecule has 21 heavy (non-hydrogen) atoms. The Kier molecular flexibility index (Phi) is 3.56. The van der Waals surface area contributed by atoms with Crippen LogP contribution in [0.2, 0.25) is 0 Å². The molecule has 0 aromatic heterocycles. The zero-order valence-electron chi connectivity index (χ0n) is 11.4. The highest BCUT2D eigenvalue weighted by Gasteiger charge is 2.02. The summed E-state index contributed by atoms with van der Waals surface area (Å²) in [4.78, 5) is 10.8. The second-order valence-corrected chi connectivity index (χ2v) is 4.92. The van der Waals surface area contributed by atoms with Crippen molar-refractivity contribution < 1.29 is 9.90 Å². The van der Waals surface area contributed by atoms with Gasteiger partial charge in [-0.2, -0.15) is 0 Å². The van der Waals surface area contributed by atoms with E-state index < -0.39 is 5.97 Å². The first kappa shape index (κ1) is 13.2. The third-order valence-electron chi connectivity index (χ3n) is 3.45. The molecule has 0 amide bonds. The Morgan fingerprint density at radius 2 is 1.62 bits per heavy atom. The SMILES string of the molecule is O=C(O)c1ccc(CNc2ccc3ccccc3c2)cc1. The van der Waals surface area contributed by atoms with Crippen molar-refractivity contribution in [3.63, 3.8) is 0 Å². The normalized spacial score (nSPS) is 10.5. The molecule has 0 saturated carbocycles. The van der Waals surface area contributed by atoms with E-state index in [1.165, 1.54) is 10.8 Å². The first-order valence-corrected chi connectivity index (χ1v) is 6.77. The Hall–Kier alpha value is -2.81. The van der Waals surface area contributed by atoms with Crippen LogP contribution in [0, 0.1) is 0 Å². The van der Waals surface area contributed by atoms with E-state index in [9.17, 15) is 4.79 Å². The molecule has 3 aromatic carbocycles. The Labute approximate surface area is 122 Å². The average Bonchev–Trinajstić information content (AvgIpc) is 2.53. The van der Waals surface area contributed by atoms with Crippen LogP contribution in [0.1, 0.15) is 15.9 Å². The number of hydrogen-bond acceptors (Lipinski definition) is 2. The molecular weight excluding hydrogens is 262 g/mol. The predicted molar refractivity (Wildman–Crippen MR) is 84.7 cm³/mol. The summed E-state index contributed by atoms with van der Waals surface area (Å²) in [6.07, 6.45) is 0. The fourth-order valence-electron chi connectivity index (χ4n) is 2.27. The second kappa shape index (κ2) is 5.67. The van der Waals surface area contributed by atoms with Crippen molar-refractivity contribution in [2.75, 3.05) is 5.32 Å². The van der Waals surface area contributed by atoms with Crippen LogP contribution in [0.5, 0.6) is 0 Å². The molecular formula is C18H15NO2. The van der Waals surface area contributed by atoms with E-state index in [1.807, 2.05) is 30.3 Å². The van der Waals surface area contributed by atoms with Gasteiger partial charge >= 0.3 is 5.97 Å². The van der Waals surface area contributed by atoms with Crippen LogP contribution in [0.15, 0.2) is 66.7 Å².